The summed E-state index contributed by atoms with van der Waals surface area (Å²) in [4.78, 5) is 0.497. The van der Waals surface area contributed by atoms with Crippen molar-refractivity contribution in [3.63, 3.8) is 0 Å². The van der Waals surface area contributed by atoms with Gasteiger partial charge >= 0.3 is 0 Å². The van der Waals surface area contributed by atoms with Crippen LogP contribution in [0.25, 0.3) is 11.1 Å². The molecule has 0 N–H and O–H groups in total. The highest BCUT2D eigenvalue weighted by atomic mass is 32.2. The Morgan fingerprint density at radius 1 is 0.615 bits per heavy atom. The van der Waals surface area contributed by atoms with Gasteiger partial charge in [0.2, 0.25) is 0 Å². The highest BCUT2D eigenvalue weighted by Gasteiger charge is 2.55. The van der Waals surface area contributed by atoms with Gasteiger partial charge in [-0.1, -0.05) is 48.6 Å². The van der Waals surface area contributed by atoms with Gasteiger partial charge in [0, 0.05) is 11.1 Å². The SMILES string of the molecule is O=S1(=O)c2ccccc2-c2ccccc2S(=O)(=O)C2C3C=CC(CC3)C21. The van der Waals surface area contributed by atoms with E-state index in [4.69, 9.17) is 0 Å². The molecule has 0 radical (unpaired) electrons. The Kier molecular flexibility index (Phi) is 3.32. The van der Waals surface area contributed by atoms with E-state index in [2.05, 4.69) is 0 Å². The molecule has 134 valence electrons. The number of rotatable bonds is 0. The third kappa shape index (κ3) is 2.00. The molecule has 4 aliphatic rings. The van der Waals surface area contributed by atoms with Crippen LogP contribution in [0.15, 0.2) is 70.5 Å². The Balaban J connectivity index is 1.94. The molecule has 1 saturated carbocycles. The Labute approximate surface area is 153 Å². The standard InChI is InChI=1S/C20H18O4S2/c21-25(22)17-7-3-1-5-15(17)16-6-2-4-8-18(16)26(23,24)20-14-11-9-13(10-12-14)19(20)25/h1-9,11,13-14,19-20H,10,12H2. The van der Waals surface area contributed by atoms with Gasteiger partial charge in [0.15, 0.2) is 19.7 Å². The molecule has 26 heavy (non-hydrogen) atoms. The van der Waals surface area contributed by atoms with Gasteiger partial charge in [0.25, 0.3) is 0 Å². The van der Waals surface area contributed by atoms with Gasteiger partial charge in [-0.3, -0.25) is 0 Å². The smallest absolute Gasteiger partial charge is 0.183 e. The van der Waals surface area contributed by atoms with E-state index in [1.165, 1.54) is 0 Å². The van der Waals surface area contributed by atoms with E-state index in [0.29, 0.717) is 11.1 Å². The fourth-order valence-electron chi connectivity index (χ4n) is 4.88. The summed E-state index contributed by atoms with van der Waals surface area (Å²) in [6.07, 6.45) is 5.28. The fourth-order valence-corrected chi connectivity index (χ4v) is 10.3. The number of hydrogen-bond acceptors (Lipinski definition) is 4. The van der Waals surface area contributed by atoms with Crippen LogP contribution in [-0.4, -0.2) is 27.3 Å². The van der Waals surface area contributed by atoms with Crippen molar-refractivity contribution in [1.82, 2.24) is 0 Å². The number of hydrogen-bond donors (Lipinski definition) is 0. The molecule has 2 aromatic rings. The van der Waals surface area contributed by atoms with Crippen LogP contribution in [0, 0.1) is 11.8 Å². The lowest BCUT2D eigenvalue weighted by atomic mass is 9.75. The predicted octanol–water partition coefficient (Wildman–Crippen LogP) is 3.25. The zero-order valence-electron chi connectivity index (χ0n) is 13.9. The van der Waals surface area contributed by atoms with Crippen LogP contribution in [0.2, 0.25) is 0 Å². The van der Waals surface area contributed by atoms with Crippen LogP contribution in [0.3, 0.4) is 0 Å². The largest absolute Gasteiger partial charge is 0.223 e. The molecule has 0 aromatic heterocycles. The maximum atomic E-state index is 13.6. The van der Waals surface area contributed by atoms with E-state index in [0.717, 1.165) is 12.8 Å². The van der Waals surface area contributed by atoms with Crippen LogP contribution < -0.4 is 0 Å². The Morgan fingerprint density at radius 2 is 1.00 bits per heavy atom. The van der Waals surface area contributed by atoms with Crippen molar-refractivity contribution in [3.05, 3.63) is 60.7 Å². The van der Waals surface area contributed by atoms with E-state index >= 15 is 0 Å². The number of sulfone groups is 2. The van der Waals surface area contributed by atoms with Gasteiger partial charge in [-0.25, -0.2) is 16.8 Å². The lowest BCUT2D eigenvalue weighted by molar-refractivity contribution is 0.327. The number of benzene rings is 2. The van der Waals surface area contributed by atoms with E-state index in [1.807, 2.05) is 12.2 Å². The first-order chi connectivity index (χ1) is 12.4. The molecule has 6 heteroatoms. The quantitative estimate of drug-likeness (QED) is 0.652. The maximum Gasteiger partial charge on any atom is 0.183 e. The molecule has 1 heterocycles. The van der Waals surface area contributed by atoms with Crippen LogP contribution >= 0.6 is 0 Å². The molecule has 2 bridgehead atoms. The number of fused-ring (bicyclic) bond motifs is 4. The van der Waals surface area contributed by atoms with Crippen molar-refractivity contribution in [2.75, 3.05) is 0 Å². The Hall–Kier alpha value is -1.92. The maximum absolute atomic E-state index is 13.6. The van der Waals surface area contributed by atoms with Crippen molar-refractivity contribution >= 4 is 19.7 Å². The van der Waals surface area contributed by atoms with Crippen molar-refractivity contribution in [2.24, 2.45) is 11.8 Å². The van der Waals surface area contributed by atoms with Gasteiger partial charge in [-0.15, -0.1) is 0 Å². The third-order valence-electron chi connectivity index (χ3n) is 6.00. The minimum Gasteiger partial charge on any atom is -0.223 e. The summed E-state index contributed by atoms with van der Waals surface area (Å²) in [6.45, 7) is 0. The molecule has 0 saturated heterocycles. The van der Waals surface area contributed by atoms with Gasteiger partial charge < -0.3 is 0 Å². The monoisotopic (exact) mass is 386 g/mol. The minimum atomic E-state index is -3.78. The first-order valence-electron chi connectivity index (χ1n) is 8.77. The fraction of sp³-hybridized carbons (Fsp3) is 0.300. The molecule has 0 spiro atoms. The normalized spacial score (nSPS) is 32.6. The van der Waals surface area contributed by atoms with E-state index in [9.17, 15) is 16.8 Å². The zero-order valence-corrected chi connectivity index (χ0v) is 15.6. The summed E-state index contributed by atoms with van der Waals surface area (Å²) >= 11 is 0. The lowest BCUT2D eigenvalue weighted by Crippen LogP contribution is -2.53. The first-order valence-corrected chi connectivity index (χ1v) is 11.9. The second-order valence-electron chi connectivity index (χ2n) is 7.30. The topological polar surface area (TPSA) is 68.3 Å². The first kappa shape index (κ1) is 16.3. The van der Waals surface area contributed by atoms with Crippen LogP contribution in [0.5, 0.6) is 0 Å². The minimum absolute atomic E-state index is 0.247. The molecular weight excluding hydrogens is 368 g/mol. The summed E-state index contributed by atoms with van der Waals surface area (Å²) in [5.74, 6) is -0.494. The molecule has 2 aromatic carbocycles. The van der Waals surface area contributed by atoms with Gasteiger partial charge in [-0.05, 0) is 36.8 Å². The summed E-state index contributed by atoms with van der Waals surface area (Å²) in [5.41, 5.74) is 0.964. The van der Waals surface area contributed by atoms with E-state index < -0.39 is 30.2 Å². The van der Waals surface area contributed by atoms with Crippen molar-refractivity contribution in [2.45, 2.75) is 33.1 Å². The van der Waals surface area contributed by atoms with Crippen molar-refractivity contribution < 1.29 is 16.8 Å². The zero-order chi connectivity index (χ0) is 18.1. The molecule has 1 fully saturated rings. The lowest BCUT2D eigenvalue weighted by Gasteiger charge is -2.44. The molecule has 4 unspecified atom stereocenters. The third-order valence-corrected chi connectivity index (χ3v) is 10.8. The molecule has 4 nitrogen and oxygen atoms in total. The summed E-state index contributed by atoms with van der Waals surface area (Å²) in [6, 6.07) is 13.6. The van der Waals surface area contributed by atoms with Gasteiger partial charge in [-0.2, -0.15) is 0 Å². The molecule has 0 amide bonds. The highest BCUT2D eigenvalue weighted by molar-refractivity contribution is 7.96. The molecule has 3 aliphatic carbocycles. The Morgan fingerprint density at radius 3 is 1.38 bits per heavy atom. The molecule has 4 atom stereocenters. The van der Waals surface area contributed by atoms with Crippen LogP contribution in [0.1, 0.15) is 12.8 Å². The average Bonchev–Trinajstić information content (AvgIpc) is 2.67. The number of allylic oxidation sites excluding steroid dienone is 2. The van der Waals surface area contributed by atoms with Crippen molar-refractivity contribution in [3.8, 4) is 11.1 Å². The summed E-state index contributed by atoms with van der Waals surface area (Å²) in [5, 5.41) is -1.82. The second-order valence-corrected chi connectivity index (χ2v) is 11.4. The molecule has 1 aliphatic heterocycles. The predicted molar refractivity (Wildman–Crippen MR) is 99.2 cm³/mol. The molecule has 6 rings (SSSR count). The van der Waals surface area contributed by atoms with E-state index in [-0.39, 0.29) is 21.6 Å². The molecular formula is C20H18O4S2. The Bertz CT molecular complexity index is 1050. The van der Waals surface area contributed by atoms with Gasteiger partial charge in [0.05, 0.1) is 20.3 Å². The van der Waals surface area contributed by atoms with E-state index in [1.54, 1.807) is 48.5 Å². The van der Waals surface area contributed by atoms with Crippen molar-refractivity contribution in [1.29, 1.82) is 0 Å². The highest BCUT2D eigenvalue weighted by Crippen LogP contribution is 2.50. The summed E-state index contributed by atoms with van der Waals surface area (Å²) < 4.78 is 54.4. The second kappa shape index (κ2) is 5.30. The van der Waals surface area contributed by atoms with Crippen LogP contribution in [-0.2, 0) is 19.7 Å². The van der Waals surface area contributed by atoms with Crippen LogP contribution in [0.4, 0.5) is 0 Å². The summed E-state index contributed by atoms with van der Waals surface area (Å²) in [7, 11) is -7.56. The average molecular weight is 386 g/mol. The van der Waals surface area contributed by atoms with Gasteiger partial charge in [0.1, 0.15) is 0 Å².